The third kappa shape index (κ3) is 4.21. The van der Waals surface area contributed by atoms with Gasteiger partial charge in [0.25, 0.3) is 0 Å². The third-order valence-electron chi connectivity index (χ3n) is 2.82. The summed E-state index contributed by atoms with van der Waals surface area (Å²) in [6.45, 7) is 7.80. The minimum atomic E-state index is -0.468. The molecule has 0 aliphatic carbocycles. The molecule has 0 fully saturated rings. The van der Waals surface area contributed by atoms with Gasteiger partial charge in [-0.25, -0.2) is 4.79 Å². The number of ether oxygens (including phenoxy) is 1. The van der Waals surface area contributed by atoms with E-state index in [9.17, 15) is 4.79 Å². The summed E-state index contributed by atoms with van der Waals surface area (Å²) >= 11 is 0. The third-order valence-corrected chi connectivity index (χ3v) is 2.82. The summed E-state index contributed by atoms with van der Waals surface area (Å²) in [4.78, 5) is 16.0. The Kier molecular flexibility index (Phi) is 4.04. The molecule has 0 aromatic carbocycles. The van der Waals surface area contributed by atoms with Gasteiger partial charge in [0.15, 0.2) is 0 Å². The number of carbonyl (C=O) groups excluding carboxylic acids is 1. The SMILES string of the molecule is CC(C)(C)OC(=O)NCc1cnc2c(c1)CCNC2. The number of alkyl carbamates (subject to hydrolysis) is 1. The lowest BCUT2D eigenvalue weighted by molar-refractivity contribution is 0.0523. The Morgan fingerprint density at radius 3 is 3.05 bits per heavy atom. The molecule has 2 rings (SSSR count). The number of hydrogen-bond donors (Lipinski definition) is 2. The Labute approximate surface area is 113 Å². The van der Waals surface area contributed by atoms with Gasteiger partial charge in [0.1, 0.15) is 5.60 Å². The summed E-state index contributed by atoms with van der Waals surface area (Å²) in [5.41, 5.74) is 2.91. The van der Waals surface area contributed by atoms with Crippen molar-refractivity contribution < 1.29 is 9.53 Å². The largest absolute Gasteiger partial charge is 0.444 e. The van der Waals surface area contributed by atoms with Crippen molar-refractivity contribution in [3.8, 4) is 0 Å². The maximum atomic E-state index is 11.6. The van der Waals surface area contributed by atoms with Crippen LogP contribution in [0.15, 0.2) is 12.3 Å². The predicted molar refractivity (Wildman–Crippen MR) is 72.7 cm³/mol. The molecule has 2 N–H and O–H groups in total. The van der Waals surface area contributed by atoms with Crippen molar-refractivity contribution in [3.63, 3.8) is 0 Å². The van der Waals surface area contributed by atoms with Crippen LogP contribution >= 0.6 is 0 Å². The second-order valence-corrected chi connectivity index (χ2v) is 5.73. The maximum Gasteiger partial charge on any atom is 0.407 e. The molecule has 1 aliphatic heterocycles. The number of carbonyl (C=O) groups is 1. The van der Waals surface area contributed by atoms with Crippen LogP contribution in [-0.4, -0.2) is 23.2 Å². The average Bonchev–Trinajstić information content (AvgIpc) is 2.34. The number of nitrogens with zero attached hydrogens (tertiary/aromatic N) is 1. The minimum absolute atomic E-state index is 0.396. The van der Waals surface area contributed by atoms with Gasteiger partial charge in [-0.3, -0.25) is 4.98 Å². The van der Waals surface area contributed by atoms with Crippen molar-refractivity contribution >= 4 is 6.09 Å². The molecule has 1 aromatic rings. The zero-order valence-corrected chi connectivity index (χ0v) is 11.7. The summed E-state index contributed by atoms with van der Waals surface area (Å²) in [6, 6.07) is 2.11. The van der Waals surface area contributed by atoms with Crippen LogP contribution in [0, 0.1) is 0 Å². The lowest BCUT2D eigenvalue weighted by atomic mass is 10.0. The van der Waals surface area contributed by atoms with E-state index in [2.05, 4.69) is 21.7 Å². The van der Waals surface area contributed by atoms with Crippen molar-refractivity contribution in [2.45, 2.75) is 45.9 Å². The second kappa shape index (κ2) is 5.57. The highest BCUT2D eigenvalue weighted by atomic mass is 16.6. The topological polar surface area (TPSA) is 63.2 Å². The molecule has 104 valence electrons. The fraction of sp³-hybridized carbons (Fsp3) is 0.571. The minimum Gasteiger partial charge on any atom is -0.444 e. The average molecular weight is 263 g/mol. The smallest absolute Gasteiger partial charge is 0.407 e. The van der Waals surface area contributed by atoms with Crippen LogP contribution in [-0.2, 0) is 24.2 Å². The molecule has 1 aromatic heterocycles. The van der Waals surface area contributed by atoms with Crippen LogP contribution in [0.25, 0.3) is 0 Å². The lowest BCUT2D eigenvalue weighted by Crippen LogP contribution is -2.32. The van der Waals surface area contributed by atoms with E-state index in [-0.39, 0.29) is 0 Å². The Morgan fingerprint density at radius 1 is 1.53 bits per heavy atom. The van der Waals surface area contributed by atoms with E-state index < -0.39 is 11.7 Å². The van der Waals surface area contributed by atoms with Gasteiger partial charge in [0.05, 0.1) is 5.69 Å². The molecule has 0 unspecified atom stereocenters. The molecule has 0 saturated heterocycles. The summed E-state index contributed by atoms with van der Waals surface area (Å²) < 4.78 is 5.19. The molecular formula is C14H21N3O2. The zero-order chi connectivity index (χ0) is 13.9. The van der Waals surface area contributed by atoms with Gasteiger partial charge < -0.3 is 15.4 Å². The van der Waals surface area contributed by atoms with Crippen molar-refractivity contribution in [3.05, 3.63) is 29.1 Å². The van der Waals surface area contributed by atoms with Crippen LogP contribution in [0.2, 0.25) is 0 Å². The van der Waals surface area contributed by atoms with Crippen LogP contribution in [0.4, 0.5) is 4.79 Å². The number of pyridine rings is 1. The molecule has 5 heteroatoms. The predicted octanol–water partition coefficient (Wildman–Crippen LogP) is 1.75. The first-order valence-corrected chi connectivity index (χ1v) is 6.58. The first kappa shape index (κ1) is 13.8. The molecule has 19 heavy (non-hydrogen) atoms. The van der Waals surface area contributed by atoms with Crippen LogP contribution < -0.4 is 10.6 Å². The zero-order valence-electron chi connectivity index (χ0n) is 11.7. The standard InChI is InChI=1S/C14H21N3O2/c1-14(2,3)19-13(18)17-8-10-6-11-4-5-15-9-12(11)16-7-10/h6-7,15H,4-5,8-9H2,1-3H3,(H,17,18). The number of nitrogens with one attached hydrogen (secondary N) is 2. The van der Waals surface area contributed by atoms with Gasteiger partial charge in [-0.15, -0.1) is 0 Å². The van der Waals surface area contributed by atoms with Crippen molar-refractivity contribution in [1.82, 2.24) is 15.6 Å². The molecule has 0 radical (unpaired) electrons. The molecule has 1 aliphatic rings. The molecule has 0 atom stereocenters. The fourth-order valence-corrected chi connectivity index (χ4v) is 1.98. The monoisotopic (exact) mass is 263 g/mol. The summed E-state index contributed by atoms with van der Waals surface area (Å²) in [5, 5.41) is 6.03. The molecular weight excluding hydrogens is 242 g/mol. The number of rotatable bonds is 2. The van der Waals surface area contributed by atoms with Gasteiger partial charge in [-0.1, -0.05) is 6.07 Å². The van der Waals surface area contributed by atoms with Gasteiger partial charge >= 0.3 is 6.09 Å². The molecule has 1 amide bonds. The summed E-state index contributed by atoms with van der Waals surface area (Å²) in [6.07, 6.45) is 2.40. The number of hydrogen-bond acceptors (Lipinski definition) is 4. The maximum absolute atomic E-state index is 11.6. The highest BCUT2D eigenvalue weighted by molar-refractivity contribution is 5.67. The number of amides is 1. The van der Waals surface area contributed by atoms with E-state index >= 15 is 0 Å². The molecule has 0 saturated carbocycles. The normalized spacial score (nSPS) is 14.7. The first-order chi connectivity index (χ1) is 8.94. The van der Waals surface area contributed by atoms with E-state index in [0.29, 0.717) is 6.54 Å². The van der Waals surface area contributed by atoms with Gasteiger partial charge in [-0.2, -0.15) is 0 Å². The first-order valence-electron chi connectivity index (χ1n) is 6.58. The van der Waals surface area contributed by atoms with Crippen molar-refractivity contribution in [2.75, 3.05) is 6.54 Å². The quantitative estimate of drug-likeness (QED) is 0.853. The Morgan fingerprint density at radius 2 is 2.32 bits per heavy atom. The lowest BCUT2D eigenvalue weighted by Gasteiger charge is -2.20. The molecule has 5 nitrogen and oxygen atoms in total. The fourth-order valence-electron chi connectivity index (χ4n) is 1.98. The Balaban J connectivity index is 1.91. The van der Waals surface area contributed by atoms with Gasteiger partial charge in [0.2, 0.25) is 0 Å². The van der Waals surface area contributed by atoms with Crippen LogP contribution in [0.1, 0.15) is 37.6 Å². The summed E-state index contributed by atoms with van der Waals surface area (Å²) in [5.74, 6) is 0. The molecule has 0 bridgehead atoms. The second-order valence-electron chi connectivity index (χ2n) is 5.73. The Bertz CT molecular complexity index is 466. The summed E-state index contributed by atoms with van der Waals surface area (Å²) in [7, 11) is 0. The van der Waals surface area contributed by atoms with Crippen molar-refractivity contribution in [2.24, 2.45) is 0 Å². The van der Waals surface area contributed by atoms with E-state index in [1.54, 1.807) is 0 Å². The van der Waals surface area contributed by atoms with Crippen LogP contribution in [0.5, 0.6) is 0 Å². The van der Waals surface area contributed by atoms with E-state index in [1.807, 2.05) is 27.0 Å². The Hall–Kier alpha value is -1.62. The highest BCUT2D eigenvalue weighted by Gasteiger charge is 2.16. The van der Waals surface area contributed by atoms with E-state index in [1.165, 1.54) is 5.56 Å². The van der Waals surface area contributed by atoms with Crippen LogP contribution in [0.3, 0.4) is 0 Å². The molecule has 0 spiro atoms. The number of aromatic nitrogens is 1. The van der Waals surface area contributed by atoms with E-state index in [0.717, 1.165) is 30.8 Å². The molecule has 2 heterocycles. The van der Waals surface area contributed by atoms with Gasteiger partial charge in [0, 0.05) is 19.3 Å². The van der Waals surface area contributed by atoms with Crippen molar-refractivity contribution in [1.29, 1.82) is 0 Å². The van der Waals surface area contributed by atoms with E-state index in [4.69, 9.17) is 4.74 Å². The highest BCUT2D eigenvalue weighted by Crippen LogP contribution is 2.13. The van der Waals surface area contributed by atoms with Gasteiger partial charge in [-0.05, 0) is 44.9 Å². The number of fused-ring (bicyclic) bond motifs is 1.